The van der Waals surface area contributed by atoms with Gasteiger partial charge in [-0.05, 0) is 57.8 Å². The molecule has 0 aromatic carbocycles. The molecule has 0 aliphatic heterocycles. The van der Waals surface area contributed by atoms with Gasteiger partial charge in [-0.25, -0.2) is 0 Å². The van der Waals surface area contributed by atoms with E-state index in [2.05, 4.69) is 31.3 Å². The highest BCUT2D eigenvalue weighted by Crippen LogP contribution is 2.17. The van der Waals surface area contributed by atoms with Gasteiger partial charge in [0, 0.05) is 12.8 Å². The maximum Gasteiger partial charge on any atom is 0.305 e. The van der Waals surface area contributed by atoms with Crippen molar-refractivity contribution >= 4 is 11.9 Å². The number of hydrogen-bond acceptors (Lipinski definition) is 5. The number of nitrogens with one attached hydrogen (secondary N) is 1. The second kappa shape index (κ2) is 53.0. The smallest absolute Gasteiger partial charge is 0.305 e. The van der Waals surface area contributed by atoms with Crippen molar-refractivity contribution in [1.29, 1.82) is 0 Å². The van der Waals surface area contributed by atoms with Gasteiger partial charge in [0.25, 0.3) is 0 Å². The molecule has 2 atom stereocenters. The summed E-state index contributed by atoms with van der Waals surface area (Å²) in [5, 5.41) is 23.1. The Morgan fingerprint density at radius 3 is 1.16 bits per heavy atom. The van der Waals surface area contributed by atoms with Crippen LogP contribution in [0.15, 0.2) is 24.3 Å². The van der Waals surface area contributed by atoms with E-state index in [1.54, 1.807) is 6.08 Å². The topological polar surface area (TPSA) is 95.9 Å². The van der Waals surface area contributed by atoms with Crippen LogP contribution in [-0.4, -0.2) is 47.4 Å². The molecule has 0 aliphatic rings. The van der Waals surface area contributed by atoms with Crippen molar-refractivity contribution in [2.24, 2.45) is 0 Å². The number of ether oxygens (including phenoxy) is 1. The van der Waals surface area contributed by atoms with Gasteiger partial charge in [0.15, 0.2) is 0 Å². The van der Waals surface area contributed by atoms with Gasteiger partial charge < -0.3 is 20.3 Å². The summed E-state index contributed by atoms with van der Waals surface area (Å²) in [5.41, 5.74) is 0. The Hall–Kier alpha value is -1.66. The first-order valence-corrected chi connectivity index (χ1v) is 28.1. The Morgan fingerprint density at radius 2 is 0.746 bits per heavy atom. The van der Waals surface area contributed by atoms with E-state index < -0.39 is 12.1 Å². The molecule has 0 rings (SSSR count). The van der Waals surface area contributed by atoms with Crippen LogP contribution in [0.3, 0.4) is 0 Å². The van der Waals surface area contributed by atoms with Crippen molar-refractivity contribution < 1.29 is 24.5 Å². The monoisotopic (exact) mass is 888 g/mol. The first-order chi connectivity index (χ1) is 31.0. The second-order valence-corrected chi connectivity index (χ2v) is 19.3. The molecular formula is C57H109NO5. The van der Waals surface area contributed by atoms with Crippen LogP contribution in [0.1, 0.15) is 303 Å². The quantitative estimate of drug-likeness (QED) is 0.0321. The number of allylic oxidation sites excluding steroid dienone is 3. The predicted molar refractivity (Wildman–Crippen MR) is 273 cm³/mol. The molecule has 3 N–H and O–H groups in total. The van der Waals surface area contributed by atoms with Gasteiger partial charge in [0.2, 0.25) is 5.91 Å². The van der Waals surface area contributed by atoms with Crippen molar-refractivity contribution in [2.75, 3.05) is 13.2 Å². The molecule has 372 valence electrons. The Balaban J connectivity index is 3.47. The number of amides is 1. The minimum atomic E-state index is -0.849. The lowest BCUT2D eigenvalue weighted by Gasteiger charge is -2.20. The molecule has 0 radical (unpaired) electrons. The zero-order chi connectivity index (χ0) is 45.8. The zero-order valence-corrected chi connectivity index (χ0v) is 42.3. The van der Waals surface area contributed by atoms with E-state index in [1.807, 2.05) is 6.08 Å². The highest BCUT2D eigenvalue weighted by molar-refractivity contribution is 5.76. The molecule has 0 fully saturated rings. The fourth-order valence-electron chi connectivity index (χ4n) is 8.63. The molecule has 6 heteroatoms. The summed E-state index contributed by atoms with van der Waals surface area (Å²) in [5.74, 6) is -0.0810. The van der Waals surface area contributed by atoms with Gasteiger partial charge in [-0.1, -0.05) is 256 Å². The molecule has 2 unspecified atom stereocenters. The van der Waals surface area contributed by atoms with Crippen molar-refractivity contribution in [1.82, 2.24) is 5.32 Å². The van der Waals surface area contributed by atoms with E-state index in [1.165, 1.54) is 231 Å². The minimum absolute atomic E-state index is 0.00781. The lowest BCUT2D eigenvalue weighted by molar-refractivity contribution is -0.143. The highest BCUT2D eigenvalue weighted by Gasteiger charge is 2.18. The molecule has 0 aromatic heterocycles. The van der Waals surface area contributed by atoms with Gasteiger partial charge in [-0.15, -0.1) is 0 Å². The van der Waals surface area contributed by atoms with Crippen LogP contribution >= 0.6 is 0 Å². The van der Waals surface area contributed by atoms with Crippen LogP contribution < -0.4 is 5.32 Å². The van der Waals surface area contributed by atoms with E-state index in [9.17, 15) is 19.8 Å². The molecule has 0 bridgehead atoms. The SMILES string of the molecule is CCCCC/C=C\CCCCCCCC(=O)OCCCCCCCCCCCCCCCCCCC(=O)NC(CO)C(O)/C=C/CCCCCCCCCCCCCCCCCC. The molecule has 0 aliphatic carbocycles. The Labute approximate surface area is 392 Å². The molecule has 0 spiro atoms. The standard InChI is InChI=1S/C57H109NO5/c1-3-5-7-9-11-13-15-17-18-19-20-23-26-29-33-37-41-45-49-55(60)54(53-59)58-56(61)50-46-42-38-34-30-27-24-21-22-25-28-32-36-40-44-48-52-63-57(62)51-47-43-39-35-31-16-14-12-10-8-6-4-2/h12,14,45,49,54-55,59-60H,3-11,13,15-44,46-48,50-53H2,1-2H3,(H,58,61)/b14-12-,49-45+. The number of carbonyl (C=O) groups excluding carboxylic acids is 2. The summed E-state index contributed by atoms with van der Waals surface area (Å²) >= 11 is 0. The van der Waals surface area contributed by atoms with E-state index in [4.69, 9.17) is 4.74 Å². The number of hydrogen-bond donors (Lipinski definition) is 3. The number of rotatable bonds is 52. The minimum Gasteiger partial charge on any atom is -0.466 e. The first kappa shape index (κ1) is 61.3. The number of aliphatic hydroxyl groups excluding tert-OH is 2. The Kier molecular flexibility index (Phi) is 51.6. The third-order valence-corrected chi connectivity index (χ3v) is 13.0. The fourth-order valence-corrected chi connectivity index (χ4v) is 8.63. The van der Waals surface area contributed by atoms with Crippen LogP contribution in [-0.2, 0) is 14.3 Å². The highest BCUT2D eigenvalue weighted by atomic mass is 16.5. The van der Waals surface area contributed by atoms with Crippen LogP contribution in [0.2, 0.25) is 0 Å². The molecular weight excluding hydrogens is 779 g/mol. The lowest BCUT2D eigenvalue weighted by atomic mass is 10.0. The summed E-state index contributed by atoms with van der Waals surface area (Å²) in [4.78, 5) is 24.5. The normalized spacial score (nSPS) is 12.8. The molecule has 63 heavy (non-hydrogen) atoms. The summed E-state index contributed by atoms with van der Waals surface area (Å²) in [7, 11) is 0. The van der Waals surface area contributed by atoms with Gasteiger partial charge in [0.1, 0.15) is 0 Å². The predicted octanol–water partition coefficient (Wildman–Crippen LogP) is 17.1. The summed E-state index contributed by atoms with van der Waals surface area (Å²) in [6, 6.07) is -0.633. The van der Waals surface area contributed by atoms with Gasteiger partial charge in [0.05, 0.1) is 25.4 Å². The largest absolute Gasteiger partial charge is 0.466 e. The number of aliphatic hydroxyl groups is 2. The first-order valence-electron chi connectivity index (χ1n) is 28.1. The Morgan fingerprint density at radius 1 is 0.429 bits per heavy atom. The van der Waals surface area contributed by atoms with Crippen LogP contribution in [0.5, 0.6) is 0 Å². The van der Waals surface area contributed by atoms with Gasteiger partial charge in [-0.2, -0.15) is 0 Å². The number of unbranched alkanes of at least 4 members (excludes halogenated alkanes) is 39. The molecule has 0 aromatic rings. The van der Waals surface area contributed by atoms with E-state index in [0.717, 1.165) is 44.9 Å². The average molecular weight is 889 g/mol. The molecule has 0 heterocycles. The van der Waals surface area contributed by atoms with Crippen molar-refractivity contribution in [3.05, 3.63) is 24.3 Å². The lowest BCUT2D eigenvalue weighted by Crippen LogP contribution is -2.45. The van der Waals surface area contributed by atoms with Crippen molar-refractivity contribution in [3.8, 4) is 0 Å². The molecule has 0 saturated heterocycles. The maximum atomic E-state index is 12.5. The number of esters is 1. The molecule has 1 amide bonds. The van der Waals surface area contributed by atoms with E-state index in [0.29, 0.717) is 19.4 Å². The van der Waals surface area contributed by atoms with Crippen LogP contribution in [0, 0.1) is 0 Å². The second-order valence-electron chi connectivity index (χ2n) is 19.3. The fraction of sp³-hybridized carbons (Fsp3) is 0.895. The van der Waals surface area contributed by atoms with Crippen LogP contribution in [0.4, 0.5) is 0 Å². The zero-order valence-electron chi connectivity index (χ0n) is 42.3. The summed E-state index contributed by atoms with van der Waals surface area (Å²) in [6.07, 6.45) is 63.3. The average Bonchev–Trinajstić information content (AvgIpc) is 3.28. The third-order valence-electron chi connectivity index (χ3n) is 13.0. The van der Waals surface area contributed by atoms with E-state index >= 15 is 0 Å². The van der Waals surface area contributed by atoms with Crippen molar-refractivity contribution in [2.45, 2.75) is 315 Å². The maximum absolute atomic E-state index is 12.5. The number of carbonyl (C=O) groups is 2. The van der Waals surface area contributed by atoms with Crippen molar-refractivity contribution in [3.63, 3.8) is 0 Å². The molecule has 0 saturated carbocycles. The third kappa shape index (κ3) is 49.6. The van der Waals surface area contributed by atoms with Crippen LogP contribution in [0.25, 0.3) is 0 Å². The molecule has 6 nitrogen and oxygen atoms in total. The Bertz CT molecular complexity index is 982. The summed E-state index contributed by atoms with van der Waals surface area (Å²) < 4.78 is 5.45. The van der Waals surface area contributed by atoms with Gasteiger partial charge >= 0.3 is 5.97 Å². The summed E-state index contributed by atoms with van der Waals surface area (Å²) in [6.45, 7) is 4.87. The van der Waals surface area contributed by atoms with E-state index in [-0.39, 0.29) is 18.5 Å². The van der Waals surface area contributed by atoms with Gasteiger partial charge in [-0.3, -0.25) is 9.59 Å².